The molecule has 0 spiro atoms. The lowest BCUT2D eigenvalue weighted by molar-refractivity contribution is -0.137. The molecule has 4 nitrogen and oxygen atoms in total. The van der Waals surface area contributed by atoms with E-state index in [1.807, 2.05) is 18.2 Å². The van der Waals surface area contributed by atoms with Gasteiger partial charge in [-0.15, -0.1) is 0 Å². The standard InChI is InChI=1S/C21H32O4/c22-18(15-16-7-5-6-8-16)13-11-17-12-14-20(23)19(17)9-3-1-2-4-10-21(24)25/h11-14,16-19,22H,1-10,15H2,(H,24,25)/b13-11+/t17-,18?,19+/m0/s1. The highest BCUT2D eigenvalue weighted by Crippen LogP contribution is 2.31. The monoisotopic (exact) mass is 348 g/mol. The van der Waals surface area contributed by atoms with Crippen molar-refractivity contribution < 1.29 is 19.8 Å². The third-order valence-corrected chi connectivity index (χ3v) is 5.57. The number of carboxylic acid groups (broad SMARTS) is 1. The second-order valence-electron chi connectivity index (χ2n) is 7.63. The Hall–Kier alpha value is -1.42. The predicted octanol–water partition coefficient (Wildman–Crippen LogP) is 4.28. The molecular formula is C21H32O4. The van der Waals surface area contributed by atoms with Crippen molar-refractivity contribution in [1.82, 2.24) is 0 Å². The summed E-state index contributed by atoms with van der Waals surface area (Å²) in [6.07, 6.45) is 17.6. The van der Waals surface area contributed by atoms with Gasteiger partial charge in [0.25, 0.3) is 0 Å². The molecule has 3 atom stereocenters. The van der Waals surface area contributed by atoms with Crippen molar-refractivity contribution in [3.63, 3.8) is 0 Å². The van der Waals surface area contributed by atoms with Crippen molar-refractivity contribution in [2.45, 2.75) is 76.7 Å². The number of unbranched alkanes of at least 4 members (excludes halogenated alkanes) is 3. The normalized spacial score (nSPS) is 25.2. The van der Waals surface area contributed by atoms with Crippen molar-refractivity contribution in [2.24, 2.45) is 17.8 Å². The van der Waals surface area contributed by atoms with Crippen LogP contribution in [0.2, 0.25) is 0 Å². The first-order valence-electron chi connectivity index (χ1n) is 9.86. The van der Waals surface area contributed by atoms with Gasteiger partial charge < -0.3 is 10.2 Å². The van der Waals surface area contributed by atoms with Crippen LogP contribution in [0.5, 0.6) is 0 Å². The van der Waals surface area contributed by atoms with Crippen LogP contribution in [0.15, 0.2) is 24.3 Å². The molecule has 2 rings (SSSR count). The zero-order chi connectivity index (χ0) is 18.1. The van der Waals surface area contributed by atoms with Crippen molar-refractivity contribution in [1.29, 1.82) is 0 Å². The maximum atomic E-state index is 12.1. The van der Waals surface area contributed by atoms with Crippen molar-refractivity contribution in [3.8, 4) is 0 Å². The van der Waals surface area contributed by atoms with Crippen LogP contribution in [0, 0.1) is 17.8 Å². The Morgan fingerprint density at radius 1 is 1.20 bits per heavy atom. The van der Waals surface area contributed by atoms with E-state index in [0.29, 0.717) is 12.3 Å². The minimum Gasteiger partial charge on any atom is -0.481 e. The van der Waals surface area contributed by atoms with Crippen molar-refractivity contribution in [2.75, 3.05) is 0 Å². The van der Waals surface area contributed by atoms with Crippen LogP contribution in [-0.2, 0) is 9.59 Å². The van der Waals surface area contributed by atoms with E-state index >= 15 is 0 Å². The Morgan fingerprint density at radius 2 is 1.92 bits per heavy atom. The first kappa shape index (κ1) is 19.9. The summed E-state index contributed by atoms with van der Waals surface area (Å²) in [6.45, 7) is 0. The van der Waals surface area contributed by atoms with Crippen LogP contribution in [0.1, 0.15) is 70.6 Å². The van der Waals surface area contributed by atoms with Gasteiger partial charge in [0, 0.05) is 18.3 Å². The van der Waals surface area contributed by atoms with E-state index in [1.165, 1.54) is 25.7 Å². The highest BCUT2D eigenvalue weighted by Gasteiger charge is 2.28. The summed E-state index contributed by atoms with van der Waals surface area (Å²) < 4.78 is 0. The Balaban J connectivity index is 1.69. The summed E-state index contributed by atoms with van der Waals surface area (Å²) in [5.74, 6) is 0.197. The second kappa shape index (κ2) is 10.5. The molecule has 0 radical (unpaired) electrons. The molecule has 0 amide bonds. The van der Waals surface area contributed by atoms with Crippen LogP contribution in [0.3, 0.4) is 0 Å². The van der Waals surface area contributed by atoms with E-state index in [9.17, 15) is 14.7 Å². The Morgan fingerprint density at radius 3 is 2.64 bits per heavy atom. The molecule has 0 aromatic carbocycles. The minimum absolute atomic E-state index is 0.00518. The molecule has 0 bridgehead atoms. The highest BCUT2D eigenvalue weighted by molar-refractivity contribution is 5.94. The summed E-state index contributed by atoms with van der Waals surface area (Å²) in [5.41, 5.74) is 0. The van der Waals surface area contributed by atoms with Crippen molar-refractivity contribution >= 4 is 11.8 Å². The Labute approximate surface area is 151 Å². The lowest BCUT2D eigenvalue weighted by atomic mass is 9.88. The van der Waals surface area contributed by atoms with E-state index < -0.39 is 12.1 Å². The smallest absolute Gasteiger partial charge is 0.303 e. The average Bonchev–Trinajstić information content (AvgIpc) is 3.19. The Kier molecular flexibility index (Phi) is 8.39. The van der Waals surface area contributed by atoms with E-state index in [0.717, 1.165) is 32.1 Å². The number of rotatable bonds is 11. The van der Waals surface area contributed by atoms with Crippen LogP contribution < -0.4 is 0 Å². The molecule has 1 fully saturated rings. The zero-order valence-electron chi connectivity index (χ0n) is 15.1. The molecule has 2 N–H and O–H groups in total. The summed E-state index contributed by atoms with van der Waals surface area (Å²) >= 11 is 0. The molecule has 0 saturated heterocycles. The molecule has 0 aromatic heterocycles. The summed E-state index contributed by atoms with van der Waals surface area (Å²) in [7, 11) is 0. The molecule has 2 aliphatic rings. The topological polar surface area (TPSA) is 74.6 Å². The lowest BCUT2D eigenvalue weighted by Gasteiger charge is -2.16. The van der Waals surface area contributed by atoms with E-state index in [1.54, 1.807) is 6.08 Å². The number of aliphatic hydroxyl groups is 1. The van der Waals surface area contributed by atoms with Gasteiger partial charge in [-0.3, -0.25) is 9.59 Å². The van der Waals surface area contributed by atoms with Gasteiger partial charge in [-0.05, 0) is 31.3 Å². The van der Waals surface area contributed by atoms with Gasteiger partial charge in [-0.25, -0.2) is 0 Å². The molecule has 1 saturated carbocycles. The number of aliphatic hydroxyl groups excluding tert-OH is 1. The van der Waals surface area contributed by atoms with E-state index in [-0.39, 0.29) is 24.0 Å². The fourth-order valence-electron chi connectivity index (χ4n) is 4.10. The minimum atomic E-state index is -0.739. The predicted molar refractivity (Wildman–Crippen MR) is 98.2 cm³/mol. The number of carboxylic acids is 1. The number of hydrogen-bond acceptors (Lipinski definition) is 3. The third kappa shape index (κ3) is 7.15. The average molecular weight is 348 g/mol. The molecule has 1 unspecified atom stereocenters. The molecule has 4 heteroatoms. The maximum Gasteiger partial charge on any atom is 0.303 e. The molecule has 0 aromatic rings. The summed E-state index contributed by atoms with van der Waals surface area (Å²) in [6, 6.07) is 0. The van der Waals surface area contributed by atoms with Crippen molar-refractivity contribution in [3.05, 3.63) is 24.3 Å². The van der Waals surface area contributed by atoms with Gasteiger partial charge in [-0.1, -0.05) is 63.2 Å². The quantitative estimate of drug-likeness (QED) is 0.432. The van der Waals surface area contributed by atoms with Crippen LogP contribution in [0.25, 0.3) is 0 Å². The van der Waals surface area contributed by atoms with Gasteiger partial charge in [-0.2, -0.15) is 0 Å². The molecular weight excluding hydrogens is 316 g/mol. The van der Waals surface area contributed by atoms with E-state index in [4.69, 9.17) is 5.11 Å². The molecule has 2 aliphatic carbocycles. The second-order valence-corrected chi connectivity index (χ2v) is 7.63. The Bertz CT molecular complexity index is 488. The first-order chi connectivity index (χ1) is 12.1. The number of carbonyl (C=O) groups excluding carboxylic acids is 1. The largest absolute Gasteiger partial charge is 0.481 e. The van der Waals surface area contributed by atoms with Gasteiger partial charge in [0.15, 0.2) is 5.78 Å². The van der Waals surface area contributed by atoms with Gasteiger partial charge >= 0.3 is 5.97 Å². The fourth-order valence-corrected chi connectivity index (χ4v) is 4.10. The first-order valence-corrected chi connectivity index (χ1v) is 9.86. The number of allylic oxidation sites excluding steroid dienone is 3. The van der Waals surface area contributed by atoms with E-state index in [2.05, 4.69) is 0 Å². The molecule has 25 heavy (non-hydrogen) atoms. The van der Waals surface area contributed by atoms with Gasteiger partial charge in [0.2, 0.25) is 0 Å². The number of hydrogen-bond donors (Lipinski definition) is 2. The molecule has 0 heterocycles. The molecule has 0 aliphatic heterocycles. The molecule has 140 valence electrons. The number of carbonyl (C=O) groups is 2. The summed E-state index contributed by atoms with van der Waals surface area (Å²) in [5, 5.41) is 18.8. The third-order valence-electron chi connectivity index (χ3n) is 5.57. The number of ketones is 1. The van der Waals surface area contributed by atoms with Gasteiger partial charge in [0.1, 0.15) is 0 Å². The lowest BCUT2D eigenvalue weighted by Crippen LogP contribution is -2.15. The fraction of sp³-hybridized carbons (Fsp3) is 0.714. The SMILES string of the molecule is O=C(O)CCCCCC[C@H]1C(=O)C=C[C@@H]1/C=C/C(O)CC1CCCC1. The summed E-state index contributed by atoms with van der Waals surface area (Å²) in [4.78, 5) is 22.5. The highest BCUT2D eigenvalue weighted by atomic mass is 16.4. The zero-order valence-corrected chi connectivity index (χ0v) is 15.1. The van der Waals surface area contributed by atoms with Crippen LogP contribution in [-0.4, -0.2) is 28.1 Å². The van der Waals surface area contributed by atoms with Gasteiger partial charge in [0.05, 0.1) is 6.10 Å². The van der Waals surface area contributed by atoms with Crippen LogP contribution in [0.4, 0.5) is 0 Å². The van der Waals surface area contributed by atoms with Crippen LogP contribution >= 0.6 is 0 Å². The number of aliphatic carboxylic acids is 1. The maximum absolute atomic E-state index is 12.1.